The highest BCUT2D eigenvalue weighted by molar-refractivity contribution is 5.79. The molecule has 1 rings (SSSR count). The van der Waals surface area contributed by atoms with Crippen LogP contribution in [-0.4, -0.2) is 52.8 Å². The number of carbonyl (C=O) groups is 2. The number of amides is 2. The molecule has 7 nitrogen and oxygen atoms in total. The molecule has 0 heterocycles. The molecule has 0 atom stereocenters. The number of rotatable bonds is 9. The molecular weight excluding hydrogens is 288 g/mol. The third-order valence-corrected chi connectivity index (χ3v) is 2.86. The Morgan fingerprint density at radius 2 is 1.59 bits per heavy atom. The van der Waals surface area contributed by atoms with Crippen molar-refractivity contribution in [3.8, 4) is 11.5 Å². The van der Waals surface area contributed by atoms with Crippen LogP contribution in [0.1, 0.15) is 5.56 Å². The Bertz CT molecular complexity index is 505. The van der Waals surface area contributed by atoms with E-state index in [4.69, 9.17) is 9.47 Å². The fourth-order valence-electron chi connectivity index (χ4n) is 1.82. The second-order valence-corrected chi connectivity index (χ2v) is 4.50. The predicted octanol–water partition coefficient (Wildman–Crippen LogP) is 0.125. The maximum absolute atomic E-state index is 11.8. The summed E-state index contributed by atoms with van der Waals surface area (Å²) in [5, 5.41) is 5.35. The zero-order valence-corrected chi connectivity index (χ0v) is 13.1. The first-order valence-corrected chi connectivity index (χ1v) is 6.84. The van der Waals surface area contributed by atoms with Crippen molar-refractivity contribution in [3.63, 3.8) is 0 Å². The summed E-state index contributed by atoms with van der Waals surface area (Å²) in [5.41, 5.74) is 0.818. The molecule has 0 radical (unpaired) electrons. The number of hydrogen-bond donors (Lipinski definition) is 2. The molecule has 1 aromatic rings. The molecule has 122 valence electrons. The summed E-state index contributed by atoms with van der Waals surface area (Å²) in [5.74, 6) is 0.858. The van der Waals surface area contributed by atoms with Crippen molar-refractivity contribution in [3.05, 3.63) is 23.8 Å². The lowest BCUT2D eigenvalue weighted by molar-refractivity contribution is -0.125. The van der Waals surface area contributed by atoms with Gasteiger partial charge in [-0.2, -0.15) is 0 Å². The van der Waals surface area contributed by atoms with Gasteiger partial charge in [-0.25, -0.2) is 0 Å². The molecule has 0 aliphatic heterocycles. The molecular formula is C15H22N2O5. The lowest BCUT2D eigenvalue weighted by atomic mass is 10.1. The van der Waals surface area contributed by atoms with Gasteiger partial charge < -0.3 is 24.8 Å². The van der Waals surface area contributed by atoms with Crippen LogP contribution in [0.5, 0.6) is 11.5 Å². The fourth-order valence-corrected chi connectivity index (χ4v) is 1.82. The minimum Gasteiger partial charge on any atom is -0.493 e. The standard InChI is InChI=1S/C15H22N2O5/c1-20-10-15(19)17-7-6-16-14(18)9-11-4-5-12(21-2)13(8-11)22-3/h4-5,8H,6-7,9-10H2,1-3H3,(H,16,18)(H,17,19). The summed E-state index contributed by atoms with van der Waals surface area (Å²) >= 11 is 0. The molecule has 0 saturated heterocycles. The van der Waals surface area contributed by atoms with Gasteiger partial charge in [0.1, 0.15) is 6.61 Å². The van der Waals surface area contributed by atoms with Crippen molar-refractivity contribution in [2.24, 2.45) is 0 Å². The first-order valence-electron chi connectivity index (χ1n) is 6.84. The van der Waals surface area contributed by atoms with Crippen molar-refractivity contribution < 1.29 is 23.8 Å². The zero-order chi connectivity index (χ0) is 16.4. The van der Waals surface area contributed by atoms with E-state index in [1.807, 2.05) is 0 Å². The minimum absolute atomic E-state index is 0.0135. The van der Waals surface area contributed by atoms with Gasteiger partial charge in [0.25, 0.3) is 0 Å². The van der Waals surface area contributed by atoms with E-state index in [0.717, 1.165) is 5.56 Å². The summed E-state index contributed by atoms with van der Waals surface area (Å²) in [7, 11) is 4.55. The molecule has 0 unspecified atom stereocenters. The first-order chi connectivity index (χ1) is 10.6. The van der Waals surface area contributed by atoms with Gasteiger partial charge in [0.15, 0.2) is 11.5 Å². The Morgan fingerprint density at radius 3 is 2.18 bits per heavy atom. The van der Waals surface area contributed by atoms with Crippen molar-refractivity contribution in [1.82, 2.24) is 10.6 Å². The Kier molecular flexibility index (Phi) is 7.77. The summed E-state index contributed by atoms with van der Waals surface area (Å²) in [6.45, 7) is 0.737. The largest absolute Gasteiger partial charge is 0.493 e. The fraction of sp³-hybridized carbons (Fsp3) is 0.467. The molecule has 0 aromatic heterocycles. The van der Waals surface area contributed by atoms with Gasteiger partial charge in [-0.15, -0.1) is 0 Å². The minimum atomic E-state index is -0.211. The number of benzene rings is 1. The van der Waals surface area contributed by atoms with Crippen LogP contribution in [0.2, 0.25) is 0 Å². The number of carbonyl (C=O) groups excluding carboxylic acids is 2. The van der Waals surface area contributed by atoms with Crippen LogP contribution >= 0.6 is 0 Å². The van der Waals surface area contributed by atoms with Crippen molar-refractivity contribution >= 4 is 11.8 Å². The normalized spacial score (nSPS) is 9.95. The van der Waals surface area contributed by atoms with Crippen LogP contribution in [0.25, 0.3) is 0 Å². The van der Waals surface area contributed by atoms with Gasteiger partial charge >= 0.3 is 0 Å². The third-order valence-electron chi connectivity index (χ3n) is 2.86. The lowest BCUT2D eigenvalue weighted by Gasteiger charge is -2.10. The Labute approximate surface area is 129 Å². The second-order valence-electron chi connectivity index (χ2n) is 4.50. The third kappa shape index (κ3) is 6.01. The lowest BCUT2D eigenvalue weighted by Crippen LogP contribution is -2.36. The Hall–Kier alpha value is -2.28. The molecule has 0 fully saturated rings. The highest BCUT2D eigenvalue weighted by Crippen LogP contribution is 2.27. The summed E-state index contributed by atoms with van der Waals surface area (Å²) in [6, 6.07) is 5.33. The zero-order valence-electron chi connectivity index (χ0n) is 13.1. The second kappa shape index (κ2) is 9.62. The predicted molar refractivity (Wildman–Crippen MR) is 81.1 cm³/mol. The molecule has 1 aromatic carbocycles. The molecule has 0 saturated carbocycles. The number of ether oxygens (including phenoxy) is 3. The van der Waals surface area contributed by atoms with Crippen molar-refractivity contribution in [2.75, 3.05) is 41.0 Å². The first kappa shape index (κ1) is 17.8. The Morgan fingerprint density at radius 1 is 0.955 bits per heavy atom. The van der Waals surface area contributed by atoms with Gasteiger partial charge in [0.2, 0.25) is 11.8 Å². The van der Waals surface area contributed by atoms with Crippen LogP contribution in [0.3, 0.4) is 0 Å². The van der Waals surface area contributed by atoms with Gasteiger partial charge in [-0.3, -0.25) is 9.59 Å². The Balaban J connectivity index is 2.37. The van der Waals surface area contributed by atoms with E-state index in [0.29, 0.717) is 24.6 Å². The smallest absolute Gasteiger partial charge is 0.246 e. The van der Waals surface area contributed by atoms with E-state index >= 15 is 0 Å². The van der Waals surface area contributed by atoms with Crippen LogP contribution < -0.4 is 20.1 Å². The highest BCUT2D eigenvalue weighted by atomic mass is 16.5. The molecule has 0 spiro atoms. The number of hydrogen-bond acceptors (Lipinski definition) is 5. The highest BCUT2D eigenvalue weighted by Gasteiger charge is 2.08. The number of nitrogens with one attached hydrogen (secondary N) is 2. The van der Waals surface area contributed by atoms with Gasteiger partial charge in [0.05, 0.1) is 20.6 Å². The maximum atomic E-state index is 11.8. The monoisotopic (exact) mass is 310 g/mol. The molecule has 2 N–H and O–H groups in total. The quantitative estimate of drug-likeness (QED) is 0.633. The molecule has 0 aliphatic carbocycles. The van der Waals surface area contributed by atoms with E-state index in [2.05, 4.69) is 15.4 Å². The van der Waals surface area contributed by atoms with E-state index in [9.17, 15) is 9.59 Å². The van der Waals surface area contributed by atoms with Crippen LogP contribution in [-0.2, 0) is 20.7 Å². The molecule has 0 aliphatic rings. The summed E-state index contributed by atoms with van der Waals surface area (Å²) in [4.78, 5) is 23.0. The summed E-state index contributed by atoms with van der Waals surface area (Å²) < 4.78 is 15.0. The summed E-state index contributed by atoms with van der Waals surface area (Å²) in [6.07, 6.45) is 0.229. The number of methoxy groups -OCH3 is 3. The van der Waals surface area contributed by atoms with E-state index in [1.54, 1.807) is 32.4 Å². The van der Waals surface area contributed by atoms with Gasteiger partial charge in [-0.05, 0) is 17.7 Å². The SMILES string of the molecule is COCC(=O)NCCNC(=O)Cc1ccc(OC)c(OC)c1. The van der Waals surface area contributed by atoms with E-state index < -0.39 is 0 Å². The van der Waals surface area contributed by atoms with Crippen LogP contribution in [0.4, 0.5) is 0 Å². The van der Waals surface area contributed by atoms with Gasteiger partial charge in [0, 0.05) is 20.2 Å². The average molecular weight is 310 g/mol. The molecule has 2 amide bonds. The van der Waals surface area contributed by atoms with Crippen molar-refractivity contribution in [2.45, 2.75) is 6.42 Å². The van der Waals surface area contributed by atoms with E-state index in [-0.39, 0.29) is 24.8 Å². The van der Waals surface area contributed by atoms with Gasteiger partial charge in [-0.1, -0.05) is 6.07 Å². The van der Waals surface area contributed by atoms with Crippen LogP contribution in [0, 0.1) is 0 Å². The average Bonchev–Trinajstić information content (AvgIpc) is 2.51. The van der Waals surface area contributed by atoms with Crippen molar-refractivity contribution in [1.29, 1.82) is 0 Å². The molecule has 22 heavy (non-hydrogen) atoms. The topological polar surface area (TPSA) is 85.9 Å². The molecule has 7 heteroatoms. The maximum Gasteiger partial charge on any atom is 0.246 e. The van der Waals surface area contributed by atoms with Crippen LogP contribution in [0.15, 0.2) is 18.2 Å². The molecule has 0 bridgehead atoms. The van der Waals surface area contributed by atoms with E-state index in [1.165, 1.54) is 7.11 Å².